The molecule has 1 aromatic heterocycles. The molecule has 0 aliphatic rings. The van der Waals surface area contributed by atoms with Gasteiger partial charge in [-0.1, -0.05) is 53.7 Å². The average molecular weight is 492 g/mol. The van der Waals surface area contributed by atoms with Crippen LogP contribution in [-0.4, -0.2) is 20.7 Å². The Balaban J connectivity index is 1.82. The number of fused-ring (bicyclic) bond motifs is 1. The van der Waals surface area contributed by atoms with E-state index in [2.05, 4.69) is 26.2 Å². The van der Waals surface area contributed by atoms with Crippen LogP contribution < -0.4 is 10.9 Å². The van der Waals surface area contributed by atoms with E-state index in [-0.39, 0.29) is 23.2 Å². The van der Waals surface area contributed by atoms with Crippen LogP contribution in [0, 0.1) is 11.7 Å². The summed E-state index contributed by atoms with van der Waals surface area (Å²) in [6.45, 7) is 6.67. The van der Waals surface area contributed by atoms with Crippen molar-refractivity contribution >= 4 is 44.5 Å². The van der Waals surface area contributed by atoms with Crippen LogP contribution in [0.2, 0.25) is 0 Å². The summed E-state index contributed by atoms with van der Waals surface area (Å²) in [4.78, 5) is 30.3. The first kappa shape index (κ1) is 22.5. The Kier molecular flexibility index (Phi) is 7.31. The van der Waals surface area contributed by atoms with Crippen molar-refractivity contribution < 1.29 is 9.18 Å². The Hall–Kier alpha value is -2.19. The number of amides is 1. The third-order valence-corrected chi connectivity index (χ3v) is 6.04. The van der Waals surface area contributed by atoms with Crippen LogP contribution in [0.4, 0.5) is 4.39 Å². The molecule has 30 heavy (non-hydrogen) atoms. The van der Waals surface area contributed by atoms with Crippen LogP contribution in [0.1, 0.15) is 26.3 Å². The van der Waals surface area contributed by atoms with Gasteiger partial charge in [0.15, 0.2) is 5.16 Å². The van der Waals surface area contributed by atoms with E-state index in [1.807, 2.05) is 19.9 Å². The van der Waals surface area contributed by atoms with E-state index in [4.69, 9.17) is 0 Å². The summed E-state index contributed by atoms with van der Waals surface area (Å²) in [6, 6.07) is 11.4. The zero-order valence-corrected chi connectivity index (χ0v) is 19.4. The summed E-state index contributed by atoms with van der Waals surface area (Å²) in [5.41, 5.74) is 1.30. The molecule has 1 amide bonds. The second kappa shape index (κ2) is 9.75. The molecule has 3 aromatic rings. The Morgan fingerprint density at radius 3 is 2.57 bits per heavy atom. The SMILES string of the molecule is CC(C)Cn1c(SC(C)C(=O)NCc2ccc(F)cc2)nc2ccc(Br)cc2c1=O. The third kappa shape index (κ3) is 5.49. The molecule has 2 aromatic carbocycles. The van der Waals surface area contributed by atoms with E-state index in [1.54, 1.807) is 35.8 Å². The first-order valence-corrected chi connectivity index (χ1v) is 11.3. The molecule has 0 saturated heterocycles. The molecule has 0 aliphatic carbocycles. The summed E-state index contributed by atoms with van der Waals surface area (Å²) < 4.78 is 15.5. The number of carbonyl (C=O) groups excluding carboxylic acids is 1. The summed E-state index contributed by atoms with van der Waals surface area (Å²) in [5.74, 6) is -0.242. The third-order valence-electron chi connectivity index (χ3n) is 4.46. The summed E-state index contributed by atoms with van der Waals surface area (Å²) in [6.07, 6.45) is 0. The van der Waals surface area contributed by atoms with E-state index >= 15 is 0 Å². The maximum atomic E-state index is 13.1. The van der Waals surface area contributed by atoms with Crippen molar-refractivity contribution in [3.63, 3.8) is 0 Å². The van der Waals surface area contributed by atoms with Crippen LogP contribution in [-0.2, 0) is 17.9 Å². The lowest BCUT2D eigenvalue weighted by molar-refractivity contribution is -0.120. The Morgan fingerprint density at radius 2 is 1.90 bits per heavy atom. The van der Waals surface area contributed by atoms with Gasteiger partial charge in [-0.25, -0.2) is 9.37 Å². The predicted molar refractivity (Wildman–Crippen MR) is 122 cm³/mol. The van der Waals surface area contributed by atoms with Crippen LogP contribution >= 0.6 is 27.7 Å². The molecule has 1 unspecified atom stereocenters. The standard InChI is InChI=1S/C22H23BrFN3O2S/c1-13(2)12-27-21(29)18-10-16(23)6-9-19(18)26-22(27)30-14(3)20(28)25-11-15-4-7-17(24)8-5-15/h4-10,13-14H,11-12H2,1-3H3,(H,25,28). The molecule has 0 spiro atoms. The van der Waals surface area contributed by atoms with E-state index in [0.29, 0.717) is 29.1 Å². The summed E-state index contributed by atoms with van der Waals surface area (Å²) in [5, 5.41) is 3.46. The molecule has 0 saturated carbocycles. The Morgan fingerprint density at radius 1 is 1.20 bits per heavy atom. The number of thioether (sulfide) groups is 1. The Labute approximate surface area is 187 Å². The largest absolute Gasteiger partial charge is 0.351 e. The molecule has 8 heteroatoms. The van der Waals surface area contributed by atoms with Gasteiger partial charge in [-0.3, -0.25) is 14.2 Å². The molecule has 5 nitrogen and oxygen atoms in total. The van der Waals surface area contributed by atoms with E-state index in [9.17, 15) is 14.0 Å². The highest BCUT2D eigenvalue weighted by molar-refractivity contribution is 9.10. The number of carbonyl (C=O) groups is 1. The van der Waals surface area contributed by atoms with Gasteiger partial charge in [0.05, 0.1) is 16.2 Å². The molecule has 1 N–H and O–H groups in total. The van der Waals surface area contributed by atoms with Crippen molar-refractivity contribution in [3.05, 3.63) is 68.7 Å². The van der Waals surface area contributed by atoms with Crippen LogP contribution in [0.25, 0.3) is 10.9 Å². The number of rotatable bonds is 7. The van der Waals surface area contributed by atoms with E-state index < -0.39 is 5.25 Å². The fourth-order valence-corrected chi connectivity index (χ4v) is 4.24. The fraction of sp³-hybridized carbons (Fsp3) is 0.318. The maximum absolute atomic E-state index is 13.1. The summed E-state index contributed by atoms with van der Waals surface area (Å²) in [7, 11) is 0. The first-order valence-electron chi connectivity index (χ1n) is 9.63. The van der Waals surface area contributed by atoms with Gasteiger partial charge < -0.3 is 5.32 Å². The van der Waals surface area contributed by atoms with Crippen LogP contribution in [0.5, 0.6) is 0 Å². The van der Waals surface area contributed by atoms with Crippen molar-refractivity contribution in [1.29, 1.82) is 0 Å². The number of halogens is 2. The van der Waals surface area contributed by atoms with E-state index in [1.165, 1.54) is 23.9 Å². The van der Waals surface area contributed by atoms with E-state index in [0.717, 1.165) is 10.0 Å². The normalized spacial score (nSPS) is 12.3. The quantitative estimate of drug-likeness (QED) is 0.382. The monoisotopic (exact) mass is 491 g/mol. The molecule has 1 atom stereocenters. The highest BCUT2D eigenvalue weighted by Crippen LogP contribution is 2.24. The molecule has 0 radical (unpaired) electrons. The van der Waals surface area contributed by atoms with Gasteiger partial charge in [-0.15, -0.1) is 0 Å². The fourth-order valence-electron chi connectivity index (χ4n) is 2.94. The maximum Gasteiger partial charge on any atom is 0.262 e. The molecular formula is C22H23BrFN3O2S. The lowest BCUT2D eigenvalue weighted by Gasteiger charge is -2.17. The van der Waals surface area contributed by atoms with Crippen molar-refractivity contribution in [2.75, 3.05) is 0 Å². The molecular weight excluding hydrogens is 469 g/mol. The number of benzene rings is 2. The van der Waals surface area contributed by atoms with Crippen LogP contribution in [0.15, 0.2) is 56.9 Å². The highest BCUT2D eigenvalue weighted by Gasteiger charge is 2.20. The molecule has 1 heterocycles. The molecule has 0 fully saturated rings. The van der Waals surface area contributed by atoms with Crippen molar-refractivity contribution in [3.8, 4) is 0 Å². The zero-order chi connectivity index (χ0) is 21.8. The predicted octanol–water partition coefficient (Wildman–Crippen LogP) is 4.75. The van der Waals surface area contributed by atoms with Crippen molar-refractivity contribution in [2.45, 2.75) is 44.3 Å². The van der Waals surface area contributed by atoms with Gasteiger partial charge in [0, 0.05) is 17.6 Å². The van der Waals surface area contributed by atoms with Gasteiger partial charge in [0.1, 0.15) is 5.82 Å². The molecule has 0 aliphatic heterocycles. The smallest absolute Gasteiger partial charge is 0.262 e. The Bertz CT molecular complexity index is 1120. The minimum absolute atomic E-state index is 0.114. The number of aromatic nitrogens is 2. The van der Waals surface area contributed by atoms with Gasteiger partial charge in [-0.2, -0.15) is 0 Å². The second-order valence-corrected chi connectivity index (χ2v) is 9.69. The van der Waals surface area contributed by atoms with Gasteiger partial charge in [0.25, 0.3) is 5.56 Å². The van der Waals surface area contributed by atoms with Crippen molar-refractivity contribution in [1.82, 2.24) is 14.9 Å². The molecule has 0 bridgehead atoms. The average Bonchev–Trinajstić information content (AvgIpc) is 2.70. The molecule has 3 rings (SSSR count). The number of nitrogens with zero attached hydrogens (tertiary/aromatic N) is 2. The second-order valence-electron chi connectivity index (χ2n) is 7.47. The number of hydrogen-bond donors (Lipinski definition) is 1. The van der Waals surface area contributed by atoms with Gasteiger partial charge in [-0.05, 0) is 48.7 Å². The van der Waals surface area contributed by atoms with Crippen LogP contribution in [0.3, 0.4) is 0 Å². The zero-order valence-electron chi connectivity index (χ0n) is 17.0. The lowest BCUT2D eigenvalue weighted by Crippen LogP contribution is -2.32. The number of nitrogens with one attached hydrogen (secondary N) is 1. The lowest BCUT2D eigenvalue weighted by atomic mass is 10.2. The first-order chi connectivity index (χ1) is 14.2. The minimum atomic E-state index is -0.455. The highest BCUT2D eigenvalue weighted by atomic mass is 79.9. The topological polar surface area (TPSA) is 64.0 Å². The van der Waals surface area contributed by atoms with Gasteiger partial charge in [0.2, 0.25) is 5.91 Å². The number of hydrogen-bond acceptors (Lipinski definition) is 4. The molecule has 158 valence electrons. The van der Waals surface area contributed by atoms with Crippen molar-refractivity contribution in [2.24, 2.45) is 5.92 Å². The summed E-state index contributed by atoms with van der Waals surface area (Å²) >= 11 is 4.66. The minimum Gasteiger partial charge on any atom is -0.351 e. The van der Waals surface area contributed by atoms with Gasteiger partial charge >= 0.3 is 0 Å².